The van der Waals surface area contributed by atoms with Gasteiger partial charge >= 0.3 is 5.97 Å². The van der Waals surface area contributed by atoms with E-state index in [0.717, 1.165) is 0 Å². The van der Waals surface area contributed by atoms with Crippen LogP contribution in [-0.2, 0) is 4.79 Å². The van der Waals surface area contributed by atoms with Crippen LogP contribution in [0.5, 0.6) is 0 Å². The fraction of sp³-hybridized carbons (Fsp3) is 0.308. The van der Waals surface area contributed by atoms with E-state index in [0.29, 0.717) is 21.1 Å². The topological polar surface area (TPSA) is 78.4 Å². The van der Waals surface area contributed by atoms with Crippen LogP contribution in [-0.4, -0.2) is 22.1 Å². The molecule has 0 aromatic heterocycles. The van der Waals surface area contributed by atoms with E-state index in [4.69, 9.17) is 17.3 Å². The van der Waals surface area contributed by atoms with Gasteiger partial charge in [0.1, 0.15) is 0 Å². The highest BCUT2D eigenvalue weighted by molar-refractivity contribution is 9.11. The Morgan fingerprint density at radius 3 is 2.24 bits per heavy atom. The van der Waals surface area contributed by atoms with E-state index in [2.05, 4.69) is 42.5 Å². The number of nitrogens with one attached hydrogen (secondary N) is 2. The summed E-state index contributed by atoms with van der Waals surface area (Å²) >= 11 is 11.6. The molecule has 0 saturated carbocycles. The first kappa shape index (κ1) is 18.1. The molecule has 0 aliphatic heterocycles. The van der Waals surface area contributed by atoms with Crippen LogP contribution in [0.1, 0.15) is 30.6 Å². The molecule has 21 heavy (non-hydrogen) atoms. The Morgan fingerprint density at radius 1 is 1.29 bits per heavy atom. The van der Waals surface area contributed by atoms with Crippen LogP contribution >= 0.6 is 44.1 Å². The van der Waals surface area contributed by atoms with Gasteiger partial charge in [-0.2, -0.15) is 0 Å². The zero-order valence-corrected chi connectivity index (χ0v) is 15.4. The Labute approximate surface area is 144 Å². The van der Waals surface area contributed by atoms with E-state index in [1.165, 1.54) is 12.1 Å². The van der Waals surface area contributed by atoms with Gasteiger partial charge in [-0.3, -0.25) is 4.79 Å². The molecule has 0 fully saturated rings. The number of thiocarbonyl (C=S) groups is 1. The molecule has 0 spiro atoms. The van der Waals surface area contributed by atoms with Gasteiger partial charge in [0, 0.05) is 15.4 Å². The molecule has 1 amide bonds. The third-order valence-electron chi connectivity index (χ3n) is 2.37. The van der Waals surface area contributed by atoms with E-state index in [1.807, 2.05) is 13.8 Å². The molecule has 1 aromatic rings. The zero-order chi connectivity index (χ0) is 16.2. The van der Waals surface area contributed by atoms with Gasteiger partial charge in [-0.1, -0.05) is 13.8 Å². The Balaban J connectivity index is 2.81. The van der Waals surface area contributed by atoms with Crippen molar-refractivity contribution in [1.82, 2.24) is 5.32 Å². The summed E-state index contributed by atoms with van der Waals surface area (Å²) in [4.78, 5) is 22.6. The number of carbonyl (C=O) groups excluding carboxylic acids is 1. The standard InChI is InChI=1S/C13H14Br2N2O3S/c1-6(2)3-10(18)16-13(21)17-11-8(14)4-7(12(19)20)5-9(11)15/h4-6H,3H2,1-2H3,(H,19,20)(H2,16,17,18,21). The number of benzene rings is 1. The predicted octanol–water partition coefficient (Wildman–Crippen LogP) is 3.77. The Hall–Kier alpha value is -0.990. The number of aromatic carboxylic acids is 1. The molecule has 5 nitrogen and oxygen atoms in total. The Bertz CT molecular complexity index is 568. The molecule has 3 N–H and O–H groups in total. The number of carbonyl (C=O) groups is 2. The van der Waals surface area contributed by atoms with Crippen molar-refractivity contribution in [3.05, 3.63) is 26.6 Å². The maximum atomic E-state index is 11.6. The smallest absolute Gasteiger partial charge is 0.335 e. The number of halogens is 2. The lowest BCUT2D eigenvalue weighted by molar-refractivity contribution is -0.120. The number of carboxylic acid groups (broad SMARTS) is 1. The van der Waals surface area contributed by atoms with E-state index < -0.39 is 5.97 Å². The monoisotopic (exact) mass is 436 g/mol. The van der Waals surface area contributed by atoms with E-state index in [9.17, 15) is 9.59 Å². The number of rotatable bonds is 4. The van der Waals surface area contributed by atoms with Crippen molar-refractivity contribution in [3.63, 3.8) is 0 Å². The molecule has 0 bridgehead atoms. The molecule has 114 valence electrons. The molecular weight excluding hydrogens is 424 g/mol. The highest BCUT2D eigenvalue weighted by Crippen LogP contribution is 2.32. The lowest BCUT2D eigenvalue weighted by atomic mass is 10.1. The predicted molar refractivity (Wildman–Crippen MR) is 92.6 cm³/mol. The summed E-state index contributed by atoms with van der Waals surface area (Å²) in [6.07, 6.45) is 0.377. The molecule has 0 radical (unpaired) electrons. The first-order chi connectivity index (χ1) is 9.70. The lowest BCUT2D eigenvalue weighted by Crippen LogP contribution is -2.34. The van der Waals surface area contributed by atoms with Gasteiger partial charge in [-0.05, 0) is 62.1 Å². The molecule has 0 heterocycles. The zero-order valence-electron chi connectivity index (χ0n) is 11.4. The average molecular weight is 438 g/mol. The van der Waals surface area contributed by atoms with Gasteiger partial charge < -0.3 is 15.7 Å². The van der Waals surface area contributed by atoms with Crippen LogP contribution in [0.2, 0.25) is 0 Å². The van der Waals surface area contributed by atoms with Gasteiger partial charge in [0.05, 0.1) is 11.3 Å². The Morgan fingerprint density at radius 2 is 1.81 bits per heavy atom. The summed E-state index contributed by atoms with van der Waals surface area (Å²) < 4.78 is 1.05. The first-order valence-corrected chi connectivity index (χ1v) is 8.03. The van der Waals surface area contributed by atoms with Gasteiger partial charge in [-0.25, -0.2) is 4.79 Å². The minimum Gasteiger partial charge on any atom is -0.478 e. The largest absolute Gasteiger partial charge is 0.478 e. The van der Waals surface area contributed by atoms with Crippen molar-refractivity contribution in [2.45, 2.75) is 20.3 Å². The fourth-order valence-electron chi connectivity index (χ4n) is 1.51. The minimum absolute atomic E-state index is 0.133. The summed E-state index contributed by atoms with van der Waals surface area (Å²) in [5, 5.41) is 14.6. The van der Waals surface area contributed by atoms with E-state index in [1.54, 1.807) is 0 Å². The summed E-state index contributed by atoms with van der Waals surface area (Å²) in [7, 11) is 0. The number of carboxylic acids is 1. The summed E-state index contributed by atoms with van der Waals surface area (Å²) in [6, 6.07) is 2.90. The van der Waals surface area contributed by atoms with E-state index in [-0.39, 0.29) is 22.5 Å². The Kier molecular flexibility index (Phi) is 6.76. The number of anilines is 1. The summed E-state index contributed by atoms with van der Waals surface area (Å²) in [5.41, 5.74) is 0.684. The number of amides is 1. The minimum atomic E-state index is -1.03. The van der Waals surface area contributed by atoms with Crippen molar-refractivity contribution in [2.24, 2.45) is 5.92 Å². The van der Waals surface area contributed by atoms with Crippen molar-refractivity contribution in [1.29, 1.82) is 0 Å². The third-order valence-corrected chi connectivity index (χ3v) is 3.83. The SMILES string of the molecule is CC(C)CC(=O)NC(=S)Nc1c(Br)cc(C(=O)O)cc1Br. The highest BCUT2D eigenvalue weighted by Gasteiger charge is 2.14. The van der Waals surface area contributed by atoms with Crippen molar-refractivity contribution in [2.75, 3.05) is 5.32 Å². The normalized spacial score (nSPS) is 10.3. The molecular formula is C13H14Br2N2O3S. The second-order valence-corrected chi connectivity index (χ2v) is 6.84. The highest BCUT2D eigenvalue weighted by atomic mass is 79.9. The maximum absolute atomic E-state index is 11.6. The molecule has 0 atom stereocenters. The summed E-state index contributed by atoms with van der Waals surface area (Å²) in [5.74, 6) is -0.964. The molecule has 0 aliphatic carbocycles. The molecule has 0 aliphatic rings. The second-order valence-electron chi connectivity index (χ2n) is 4.72. The molecule has 8 heteroatoms. The quantitative estimate of drug-likeness (QED) is 0.625. The number of hydrogen-bond donors (Lipinski definition) is 3. The van der Waals surface area contributed by atoms with Crippen LogP contribution < -0.4 is 10.6 Å². The van der Waals surface area contributed by atoms with Crippen molar-refractivity contribution >= 4 is 66.8 Å². The molecule has 0 saturated heterocycles. The van der Waals surface area contributed by atoms with Crippen molar-refractivity contribution in [3.8, 4) is 0 Å². The van der Waals surface area contributed by atoms with Crippen molar-refractivity contribution < 1.29 is 14.7 Å². The lowest BCUT2D eigenvalue weighted by Gasteiger charge is -2.14. The van der Waals surface area contributed by atoms with E-state index >= 15 is 0 Å². The molecule has 1 aromatic carbocycles. The van der Waals surface area contributed by atoms with Gasteiger partial charge in [0.2, 0.25) is 5.91 Å². The maximum Gasteiger partial charge on any atom is 0.335 e. The van der Waals surface area contributed by atoms with Gasteiger partial charge in [0.25, 0.3) is 0 Å². The summed E-state index contributed by atoms with van der Waals surface area (Å²) in [6.45, 7) is 3.88. The first-order valence-electron chi connectivity index (χ1n) is 6.04. The van der Waals surface area contributed by atoms with Crippen LogP contribution in [0.3, 0.4) is 0 Å². The van der Waals surface area contributed by atoms with Crippen LogP contribution in [0, 0.1) is 5.92 Å². The van der Waals surface area contributed by atoms with Crippen LogP contribution in [0.15, 0.2) is 21.1 Å². The fourth-order valence-corrected chi connectivity index (χ4v) is 3.11. The van der Waals surface area contributed by atoms with Crippen LogP contribution in [0.4, 0.5) is 5.69 Å². The number of hydrogen-bond acceptors (Lipinski definition) is 3. The molecule has 1 rings (SSSR count). The average Bonchev–Trinajstić information content (AvgIpc) is 2.32. The van der Waals surface area contributed by atoms with Gasteiger partial charge in [0.15, 0.2) is 5.11 Å². The van der Waals surface area contributed by atoms with Gasteiger partial charge in [-0.15, -0.1) is 0 Å². The molecule has 0 unspecified atom stereocenters. The van der Waals surface area contributed by atoms with Crippen LogP contribution in [0.25, 0.3) is 0 Å². The second kappa shape index (κ2) is 7.86. The third kappa shape index (κ3) is 5.72.